The number of hydrogen-bond acceptors (Lipinski definition) is 5. The van der Waals surface area contributed by atoms with E-state index < -0.39 is 5.97 Å². The molecule has 0 N–H and O–H groups in total. The van der Waals surface area contributed by atoms with Gasteiger partial charge in [-0.05, 0) is 26.0 Å². The molecule has 0 atom stereocenters. The molecule has 2 rings (SSSR count). The molecule has 0 fully saturated rings. The molecule has 0 amide bonds. The first-order valence-corrected chi connectivity index (χ1v) is 5.77. The van der Waals surface area contributed by atoms with Gasteiger partial charge < -0.3 is 9.15 Å². The topological polar surface area (TPSA) is 52.3 Å². The summed E-state index contributed by atoms with van der Waals surface area (Å²) in [5.41, 5.74) is 1.93. The zero-order chi connectivity index (χ0) is 11.5. The molecule has 0 saturated heterocycles. The maximum Gasteiger partial charge on any atom is 0.358 e. The fourth-order valence-electron chi connectivity index (χ4n) is 1.32. The van der Waals surface area contributed by atoms with E-state index >= 15 is 0 Å². The molecule has 0 aliphatic heterocycles. The van der Waals surface area contributed by atoms with Crippen molar-refractivity contribution in [2.45, 2.75) is 13.8 Å². The zero-order valence-electron chi connectivity index (χ0n) is 9.02. The average molecular weight is 237 g/mol. The molecular weight excluding hydrogens is 226 g/mol. The molecule has 0 unspecified atom stereocenters. The number of ether oxygens (including phenoxy) is 1. The molecule has 2 aromatic rings. The van der Waals surface area contributed by atoms with Gasteiger partial charge in [0.25, 0.3) is 0 Å². The van der Waals surface area contributed by atoms with Crippen LogP contribution >= 0.6 is 11.3 Å². The number of esters is 1. The molecule has 0 spiro atoms. The first kappa shape index (κ1) is 10.9. The van der Waals surface area contributed by atoms with Gasteiger partial charge in [-0.1, -0.05) is 0 Å². The lowest BCUT2D eigenvalue weighted by atomic mass is 10.3. The highest BCUT2D eigenvalue weighted by Gasteiger charge is 2.19. The van der Waals surface area contributed by atoms with E-state index in [2.05, 4.69) is 4.98 Å². The van der Waals surface area contributed by atoms with E-state index in [0.29, 0.717) is 22.9 Å². The Kier molecular flexibility index (Phi) is 3.05. The molecule has 2 aromatic heterocycles. The zero-order valence-corrected chi connectivity index (χ0v) is 9.84. The lowest BCUT2D eigenvalue weighted by Crippen LogP contribution is -2.05. The molecule has 84 valence electrons. The fraction of sp³-hybridized carbons (Fsp3) is 0.273. The van der Waals surface area contributed by atoms with Crippen molar-refractivity contribution in [2.24, 2.45) is 0 Å². The van der Waals surface area contributed by atoms with Crippen LogP contribution in [0.2, 0.25) is 0 Å². The third-order valence-electron chi connectivity index (χ3n) is 2.00. The van der Waals surface area contributed by atoms with Crippen molar-refractivity contribution in [2.75, 3.05) is 6.61 Å². The van der Waals surface area contributed by atoms with Crippen molar-refractivity contribution in [1.82, 2.24) is 4.98 Å². The Morgan fingerprint density at radius 3 is 3.00 bits per heavy atom. The number of hydrogen-bond donors (Lipinski definition) is 0. The van der Waals surface area contributed by atoms with Crippen molar-refractivity contribution >= 4 is 17.3 Å². The molecule has 0 radical (unpaired) electrons. The van der Waals surface area contributed by atoms with Gasteiger partial charge in [-0.2, -0.15) is 0 Å². The Labute approximate surface area is 96.9 Å². The average Bonchev–Trinajstić information content (AvgIpc) is 2.85. The summed E-state index contributed by atoms with van der Waals surface area (Å²) in [7, 11) is 0. The maximum absolute atomic E-state index is 11.6. The highest BCUT2D eigenvalue weighted by Crippen LogP contribution is 2.29. The second kappa shape index (κ2) is 4.49. The lowest BCUT2D eigenvalue weighted by Gasteiger charge is -1.99. The summed E-state index contributed by atoms with van der Waals surface area (Å²) in [6.45, 7) is 3.96. The number of thiazole rings is 1. The minimum Gasteiger partial charge on any atom is -0.461 e. The van der Waals surface area contributed by atoms with Crippen molar-refractivity contribution in [3.8, 4) is 10.6 Å². The van der Waals surface area contributed by atoms with Gasteiger partial charge in [0.15, 0.2) is 5.69 Å². The molecule has 2 heterocycles. The van der Waals surface area contributed by atoms with Gasteiger partial charge in [0.05, 0.1) is 12.1 Å². The Hall–Kier alpha value is -1.62. The Bertz CT molecular complexity index is 501. The first-order chi connectivity index (χ1) is 7.72. The molecule has 0 aliphatic carbocycles. The molecule has 0 aliphatic rings. The van der Waals surface area contributed by atoms with Crippen LogP contribution in [0.25, 0.3) is 10.6 Å². The van der Waals surface area contributed by atoms with E-state index in [-0.39, 0.29) is 0 Å². The van der Waals surface area contributed by atoms with E-state index in [0.717, 1.165) is 5.76 Å². The number of aryl methyl sites for hydroxylation is 1. The van der Waals surface area contributed by atoms with E-state index in [1.807, 2.05) is 19.1 Å². The molecule has 5 heteroatoms. The second-order valence-electron chi connectivity index (χ2n) is 3.16. The van der Waals surface area contributed by atoms with E-state index in [1.54, 1.807) is 12.4 Å². The van der Waals surface area contributed by atoms with Gasteiger partial charge in [-0.25, -0.2) is 9.78 Å². The Morgan fingerprint density at radius 2 is 2.38 bits per heavy atom. The number of carbonyl (C=O) groups is 1. The van der Waals surface area contributed by atoms with Gasteiger partial charge in [0, 0.05) is 0 Å². The number of rotatable bonds is 3. The summed E-state index contributed by atoms with van der Waals surface area (Å²) in [5, 5.41) is 0. The second-order valence-corrected chi connectivity index (χ2v) is 4.02. The predicted octanol–water partition coefficient (Wildman–Crippen LogP) is 2.89. The summed E-state index contributed by atoms with van der Waals surface area (Å²) >= 11 is 1.36. The summed E-state index contributed by atoms with van der Waals surface area (Å²) in [6, 6.07) is 3.68. The van der Waals surface area contributed by atoms with Gasteiger partial charge in [0.1, 0.15) is 16.4 Å². The largest absolute Gasteiger partial charge is 0.461 e. The number of aromatic nitrogens is 1. The molecular formula is C11H11NO3S. The van der Waals surface area contributed by atoms with Crippen LogP contribution in [0.15, 0.2) is 22.1 Å². The molecule has 4 nitrogen and oxygen atoms in total. The van der Waals surface area contributed by atoms with Crippen molar-refractivity contribution in [1.29, 1.82) is 0 Å². The third kappa shape index (κ3) is 1.99. The van der Waals surface area contributed by atoms with Crippen LogP contribution in [0.5, 0.6) is 0 Å². The maximum atomic E-state index is 11.6. The monoisotopic (exact) mass is 237 g/mol. The first-order valence-electron chi connectivity index (χ1n) is 4.89. The third-order valence-corrected chi connectivity index (χ3v) is 2.84. The van der Waals surface area contributed by atoms with Crippen molar-refractivity contribution in [3.63, 3.8) is 0 Å². The van der Waals surface area contributed by atoms with Gasteiger partial charge >= 0.3 is 5.97 Å². The standard InChI is InChI=1S/C11H11NO3S/c1-3-14-11(13)9-10(16-6-12-9)8-5-4-7(2)15-8/h4-6H,3H2,1-2H3. The molecule has 16 heavy (non-hydrogen) atoms. The van der Waals surface area contributed by atoms with Gasteiger partial charge in [0.2, 0.25) is 0 Å². The predicted molar refractivity (Wildman–Crippen MR) is 60.5 cm³/mol. The van der Waals surface area contributed by atoms with Crippen LogP contribution in [-0.4, -0.2) is 17.6 Å². The van der Waals surface area contributed by atoms with Crippen LogP contribution < -0.4 is 0 Å². The summed E-state index contributed by atoms with van der Waals surface area (Å²) < 4.78 is 10.4. The number of nitrogens with zero attached hydrogens (tertiary/aromatic N) is 1. The summed E-state index contributed by atoms with van der Waals surface area (Å²) in [6.07, 6.45) is 0. The fourth-order valence-corrected chi connectivity index (χ4v) is 2.06. The number of carbonyl (C=O) groups excluding carboxylic acids is 1. The van der Waals surface area contributed by atoms with Crippen LogP contribution in [0, 0.1) is 6.92 Å². The van der Waals surface area contributed by atoms with Crippen LogP contribution in [0.4, 0.5) is 0 Å². The minimum atomic E-state index is -0.409. The van der Waals surface area contributed by atoms with Crippen LogP contribution in [-0.2, 0) is 4.74 Å². The summed E-state index contributed by atoms with van der Waals surface area (Å²) in [5.74, 6) is 1.05. The Morgan fingerprint density at radius 1 is 1.56 bits per heavy atom. The van der Waals surface area contributed by atoms with Crippen molar-refractivity contribution in [3.05, 3.63) is 29.1 Å². The minimum absolute atomic E-state index is 0.321. The van der Waals surface area contributed by atoms with Crippen LogP contribution in [0.3, 0.4) is 0 Å². The number of furan rings is 1. The quantitative estimate of drug-likeness (QED) is 0.770. The molecule has 0 bridgehead atoms. The lowest BCUT2D eigenvalue weighted by molar-refractivity contribution is 0.0521. The summed E-state index contributed by atoms with van der Waals surface area (Å²) in [4.78, 5) is 16.3. The Balaban J connectivity index is 2.36. The SMILES string of the molecule is CCOC(=O)c1ncsc1-c1ccc(C)o1. The van der Waals surface area contributed by atoms with Crippen LogP contribution in [0.1, 0.15) is 23.2 Å². The van der Waals surface area contributed by atoms with Crippen molar-refractivity contribution < 1.29 is 13.9 Å². The molecule has 0 aromatic carbocycles. The van der Waals surface area contributed by atoms with Gasteiger partial charge in [-0.3, -0.25) is 0 Å². The highest BCUT2D eigenvalue weighted by molar-refractivity contribution is 7.13. The smallest absolute Gasteiger partial charge is 0.358 e. The van der Waals surface area contributed by atoms with E-state index in [4.69, 9.17) is 9.15 Å². The highest BCUT2D eigenvalue weighted by atomic mass is 32.1. The molecule has 0 saturated carbocycles. The van der Waals surface area contributed by atoms with E-state index in [1.165, 1.54) is 11.3 Å². The van der Waals surface area contributed by atoms with E-state index in [9.17, 15) is 4.79 Å². The van der Waals surface area contributed by atoms with Gasteiger partial charge in [-0.15, -0.1) is 11.3 Å². The normalized spacial score (nSPS) is 10.4.